The van der Waals surface area contributed by atoms with Gasteiger partial charge < -0.3 is 15.1 Å². The largest absolute Gasteiger partial charge is 0.459 e. The van der Waals surface area contributed by atoms with Crippen molar-refractivity contribution in [2.24, 2.45) is 0 Å². The second-order valence-electron chi connectivity index (χ2n) is 4.50. The summed E-state index contributed by atoms with van der Waals surface area (Å²) in [6.45, 7) is 0. The van der Waals surface area contributed by atoms with Crippen LogP contribution in [0.4, 0.5) is 17.2 Å². The molecule has 0 saturated carbocycles. The standard InChI is InChI=1S/C16H12BrN3O2/c17-11-3-1-4-12(9-11)19-13-6-7-15(18-10-13)20-16(21)14-5-2-8-22-14/h1-10,19H,(H,18,20,21). The van der Waals surface area contributed by atoms with E-state index in [1.807, 2.05) is 30.3 Å². The van der Waals surface area contributed by atoms with Crippen LogP contribution < -0.4 is 10.6 Å². The zero-order chi connectivity index (χ0) is 15.4. The van der Waals surface area contributed by atoms with Gasteiger partial charge in [-0.25, -0.2) is 4.98 Å². The van der Waals surface area contributed by atoms with Crippen molar-refractivity contribution in [3.8, 4) is 0 Å². The molecule has 0 fully saturated rings. The number of carbonyl (C=O) groups excluding carboxylic acids is 1. The van der Waals surface area contributed by atoms with Crippen LogP contribution in [0.25, 0.3) is 0 Å². The number of aromatic nitrogens is 1. The predicted molar refractivity (Wildman–Crippen MR) is 88.3 cm³/mol. The fraction of sp³-hybridized carbons (Fsp3) is 0. The number of hydrogen-bond donors (Lipinski definition) is 2. The van der Waals surface area contributed by atoms with Gasteiger partial charge in [-0.3, -0.25) is 4.79 Å². The number of pyridine rings is 1. The molecule has 2 heterocycles. The van der Waals surface area contributed by atoms with Crippen LogP contribution in [0.3, 0.4) is 0 Å². The molecule has 0 atom stereocenters. The van der Waals surface area contributed by atoms with E-state index in [1.54, 1.807) is 24.4 Å². The molecule has 2 aromatic heterocycles. The highest BCUT2D eigenvalue weighted by atomic mass is 79.9. The maximum absolute atomic E-state index is 11.8. The number of halogens is 1. The third-order valence-electron chi connectivity index (χ3n) is 2.86. The van der Waals surface area contributed by atoms with E-state index < -0.39 is 0 Å². The van der Waals surface area contributed by atoms with Gasteiger partial charge in [0.05, 0.1) is 18.1 Å². The van der Waals surface area contributed by atoms with E-state index in [1.165, 1.54) is 6.26 Å². The summed E-state index contributed by atoms with van der Waals surface area (Å²) in [6.07, 6.45) is 3.10. The minimum absolute atomic E-state index is 0.248. The summed E-state index contributed by atoms with van der Waals surface area (Å²) < 4.78 is 6.02. The average molecular weight is 358 g/mol. The van der Waals surface area contributed by atoms with Crippen molar-refractivity contribution in [1.29, 1.82) is 0 Å². The molecule has 0 aliphatic heterocycles. The molecule has 0 saturated heterocycles. The summed E-state index contributed by atoms with van der Waals surface area (Å²) in [7, 11) is 0. The second-order valence-corrected chi connectivity index (χ2v) is 5.41. The maximum Gasteiger partial charge on any atom is 0.292 e. The summed E-state index contributed by atoms with van der Waals surface area (Å²) >= 11 is 3.42. The molecular formula is C16H12BrN3O2. The van der Waals surface area contributed by atoms with E-state index in [4.69, 9.17) is 4.42 Å². The van der Waals surface area contributed by atoms with E-state index in [0.717, 1.165) is 15.8 Å². The fourth-order valence-electron chi connectivity index (χ4n) is 1.86. The quantitative estimate of drug-likeness (QED) is 0.724. The van der Waals surface area contributed by atoms with E-state index in [9.17, 15) is 4.79 Å². The highest BCUT2D eigenvalue weighted by molar-refractivity contribution is 9.10. The van der Waals surface area contributed by atoms with Gasteiger partial charge in [-0.2, -0.15) is 0 Å². The molecule has 110 valence electrons. The van der Waals surface area contributed by atoms with E-state index >= 15 is 0 Å². The summed E-state index contributed by atoms with van der Waals surface area (Å²) in [4.78, 5) is 16.0. The Morgan fingerprint density at radius 2 is 2.00 bits per heavy atom. The SMILES string of the molecule is O=C(Nc1ccc(Nc2cccc(Br)c2)cn1)c1ccco1. The highest BCUT2D eigenvalue weighted by Gasteiger charge is 2.09. The van der Waals surface area contributed by atoms with Gasteiger partial charge in [0.2, 0.25) is 0 Å². The lowest BCUT2D eigenvalue weighted by atomic mass is 10.3. The van der Waals surface area contributed by atoms with Crippen molar-refractivity contribution in [2.75, 3.05) is 10.6 Å². The molecule has 3 rings (SSSR count). The third-order valence-corrected chi connectivity index (χ3v) is 3.36. The van der Waals surface area contributed by atoms with Crippen LogP contribution >= 0.6 is 15.9 Å². The molecule has 0 unspecified atom stereocenters. The first kappa shape index (κ1) is 14.3. The highest BCUT2D eigenvalue weighted by Crippen LogP contribution is 2.20. The van der Waals surface area contributed by atoms with Gasteiger partial charge in [0.25, 0.3) is 5.91 Å². The smallest absolute Gasteiger partial charge is 0.292 e. The topological polar surface area (TPSA) is 67.2 Å². The summed E-state index contributed by atoms with van der Waals surface area (Å²) in [5, 5.41) is 5.89. The average Bonchev–Trinajstić information content (AvgIpc) is 3.04. The van der Waals surface area contributed by atoms with Crippen molar-refractivity contribution in [3.05, 3.63) is 71.2 Å². The Balaban J connectivity index is 1.66. The van der Waals surface area contributed by atoms with E-state index in [-0.39, 0.29) is 11.7 Å². The minimum atomic E-state index is -0.329. The Morgan fingerprint density at radius 3 is 2.68 bits per heavy atom. The summed E-state index contributed by atoms with van der Waals surface area (Å²) in [5.41, 5.74) is 1.78. The van der Waals surface area contributed by atoms with Gasteiger partial charge in [0, 0.05) is 10.2 Å². The number of hydrogen-bond acceptors (Lipinski definition) is 4. The number of benzene rings is 1. The van der Waals surface area contributed by atoms with Crippen molar-refractivity contribution in [1.82, 2.24) is 4.98 Å². The lowest BCUT2D eigenvalue weighted by Crippen LogP contribution is -2.11. The van der Waals surface area contributed by atoms with Crippen LogP contribution in [-0.4, -0.2) is 10.9 Å². The molecule has 1 amide bonds. The van der Waals surface area contributed by atoms with Crippen molar-refractivity contribution >= 4 is 39.0 Å². The number of nitrogens with zero attached hydrogens (tertiary/aromatic N) is 1. The lowest BCUT2D eigenvalue weighted by Gasteiger charge is -2.07. The van der Waals surface area contributed by atoms with Crippen molar-refractivity contribution in [2.45, 2.75) is 0 Å². The minimum Gasteiger partial charge on any atom is -0.459 e. The normalized spacial score (nSPS) is 10.2. The first-order valence-corrected chi connectivity index (χ1v) is 7.33. The molecule has 3 aromatic rings. The second kappa shape index (κ2) is 6.44. The summed E-state index contributed by atoms with van der Waals surface area (Å²) in [6, 6.07) is 14.6. The third kappa shape index (κ3) is 3.53. The van der Waals surface area contributed by atoms with Crippen LogP contribution in [0.1, 0.15) is 10.6 Å². The monoisotopic (exact) mass is 357 g/mol. The van der Waals surface area contributed by atoms with Gasteiger partial charge in [-0.1, -0.05) is 22.0 Å². The van der Waals surface area contributed by atoms with Crippen molar-refractivity contribution in [3.63, 3.8) is 0 Å². The Labute approximate surface area is 135 Å². The molecular weight excluding hydrogens is 346 g/mol. The van der Waals surface area contributed by atoms with Gasteiger partial charge in [-0.05, 0) is 42.5 Å². The number of nitrogens with one attached hydrogen (secondary N) is 2. The van der Waals surface area contributed by atoms with Crippen molar-refractivity contribution < 1.29 is 9.21 Å². The molecule has 22 heavy (non-hydrogen) atoms. The van der Waals surface area contributed by atoms with Crippen LogP contribution in [0.15, 0.2) is 69.9 Å². The molecule has 5 nitrogen and oxygen atoms in total. The number of amides is 1. The Morgan fingerprint density at radius 1 is 1.09 bits per heavy atom. The molecule has 0 radical (unpaired) electrons. The molecule has 0 spiro atoms. The molecule has 1 aromatic carbocycles. The molecule has 0 bridgehead atoms. The zero-order valence-electron chi connectivity index (χ0n) is 11.4. The first-order chi connectivity index (χ1) is 10.7. The van der Waals surface area contributed by atoms with Crippen LogP contribution in [0, 0.1) is 0 Å². The van der Waals surface area contributed by atoms with Gasteiger partial charge in [-0.15, -0.1) is 0 Å². The number of carbonyl (C=O) groups is 1. The Kier molecular flexibility index (Phi) is 4.20. The number of anilines is 3. The van der Waals surface area contributed by atoms with Crippen LogP contribution in [0.5, 0.6) is 0 Å². The van der Waals surface area contributed by atoms with E-state index in [0.29, 0.717) is 5.82 Å². The van der Waals surface area contributed by atoms with Gasteiger partial charge >= 0.3 is 0 Å². The molecule has 0 aliphatic carbocycles. The summed E-state index contributed by atoms with van der Waals surface area (Å²) in [5.74, 6) is 0.379. The van der Waals surface area contributed by atoms with Gasteiger partial charge in [0.15, 0.2) is 5.76 Å². The fourth-order valence-corrected chi connectivity index (χ4v) is 2.26. The molecule has 0 aliphatic rings. The Bertz CT molecular complexity index is 770. The Hall–Kier alpha value is -2.60. The maximum atomic E-state index is 11.8. The number of furan rings is 1. The zero-order valence-corrected chi connectivity index (χ0v) is 13.0. The van der Waals surface area contributed by atoms with Crippen LogP contribution in [0.2, 0.25) is 0 Å². The first-order valence-electron chi connectivity index (χ1n) is 6.54. The van der Waals surface area contributed by atoms with Crippen LogP contribution in [-0.2, 0) is 0 Å². The van der Waals surface area contributed by atoms with E-state index in [2.05, 4.69) is 31.5 Å². The van der Waals surface area contributed by atoms with Gasteiger partial charge in [0.1, 0.15) is 5.82 Å². The number of rotatable bonds is 4. The predicted octanol–water partition coefficient (Wildman–Crippen LogP) is 4.43. The molecule has 6 heteroatoms. The lowest BCUT2D eigenvalue weighted by molar-refractivity contribution is 0.0996. The molecule has 2 N–H and O–H groups in total.